The summed E-state index contributed by atoms with van der Waals surface area (Å²) in [5.74, 6) is 1.64. The molecule has 0 heterocycles. The molecular formula is C15H24ClNO3. The van der Waals surface area contributed by atoms with E-state index in [1.807, 2.05) is 6.07 Å². The van der Waals surface area contributed by atoms with Crippen molar-refractivity contribution >= 4 is 11.6 Å². The van der Waals surface area contributed by atoms with Crippen molar-refractivity contribution < 1.29 is 14.2 Å². The van der Waals surface area contributed by atoms with Gasteiger partial charge in [-0.05, 0) is 39.4 Å². The first-order valence-corrected chi connectivity index (χ1v) is 6.82. The minimum absolute atomic E-state index is 0.0454. The molecule has 0 fully saturated rings. The van der Waals surface area contributed by atoms with Gasteiger partial charge in [0.15, 0.2) is 11.5 Å². The van der Waals surface area contributed by atoms with E-state index in [1.165, 1.54) is 0 Å². The summed E-state index contributed by atoms with van der Waals surface area (Å²) in [6.45, 7) is 7.15. The Kier molecular flexibility index (Phi) is 5.54. The van der Waals surface area contributed by atoms with Gasteiger partial charge in [-0.1, -0.05) is 11.6 Å². The summed E-state index contributed by atoms with van der Waals surface area (Å²) in [6, 6.07) is 1.89. The van der Waals surface area contributed by atoms with E-state index in [1.54, 1.807) is 21.3 Å². The van der Waals surface area contributed by atoms with Crippen LogP contribution in [0.15, 0.2) is 6.07 Å². The molecule has 1 aromatic carbocycles. The summed E-state index contributed by atoms with van der Waals surface area (Å²) < 4.78 is 16.0. The second kappa shape index (κ2) is 6.55. The fourth-order valence-corrected chi connectivity index (χ4v) is 2.06. The third-order valence-electron chi connectivity index (χ3n) is 3.40. The van der Waals surface area contributed by atoms with Crippen LogP contribution < -0.4 is 14.2 Å². The van der Waals surface area contributed by atoms with Gasteiger partial charge in [0.25, 0.3) is 0 Å². The van der Waals surface area contributed by atoms with Crippen LogP contribution in [0.2, 0.25) is 5.02 Å². The van der Waals surface area contributed by atoms with E-state index in [0.29, 0.717) is 28.8 Å². The minimum Gasteiger partial charge on any atom is -0.493 e. The SMILES string of the molecule is COc1cc(CN(C)C(C)(C)C)c(Cl)c(OC)c1OC. The van der Waals surface area contributed by atoms with E-state index in [4.69, 9.17) is 25.8 Å². The predicted octanol–water partition coefficient (Wildman–Crippen LogP) is 3.60. The smallest absolute Gasteiger partial charge is 0.204 e. The van der Waals surface area contributed by atoms with E-state index in [-0.39, 0.29) is 5.54 Å². The summed E-state index contributed by atoms with van der Waals surface area (Å²) in [6.07, 6.45) is 0. The predicted molar refractivity (Wildman–Crippen MR) is 82.3 cm³/mol. The fraction of sp³-hybridized carbons (Fsp3) is 0.600. The molecule has 20 heavy (non-hydrogen) atoms. The molecule has 1 rings (SSSR count). The lowest BCUT2D eigenvalue weighted by atomic mass is 10.1. The summed E-state index contributed by atoms with van der Waals surface area (Å²) in [4.78, 5) is 2.21. The van der Waals surface area contributed by atoms with E-state index in [2.05, 4.69) is 32.7 Å². The Morgan fingerprint density at radius 3 is 2.00 bits per heavy atom. The van der Waals surface area contributed by atoms with Crippen molar-refractivity contribution in [3.05, 3.63) is 16.7 Å². The Morgan fingerprint density at radius 2 is 1.60 bits per heavy atom. The summed E-state index contributed by atoms with van der Waals surface area (Å²) in [5, 5.41) is 0.557. The topological polar surface area (TPSA) is 30.9 Å². The molecule has 0 bridgehead atoms. The zero-order chi connectivity index (χ0) is 15.5. The van der Waals surface area contributed by atoms with Crippen molar-refractivity contribution in [3.8, 4) is 17.2 Å². The van der Waals surface area contributed by atoms with Gasteiger partial charge in [-0.2, -0.15) is 0 Å². The number of hydrogen-bond donors (Lipinski definition) is 0. The van der Waals surface area contributed by atoms with Crippen LogP contribution in [0.3, 0.4) is 0 Å². The van der Waals surface area contributed by atoms with Gasteiger partial charge < -0.3 is 14.2 Å². The molecule has 0 aliphatic rings. The Morgan fingerprint density at radius 1 is 1.05 bits per heavy atom. The quantitative estimate of drug-likeness (QED) is 0.831. The first-order chi connectivity index (χ1) is 9.26. The molecule has 0 N–H and O–H groups in total. The highest BCUT2D eigenvalue weighted by Crippen LogP contribution is 2.45. The first-order valence-electron chi connectivity index (χ1n) is 6.44. The average Bonchev–Trinajstić information content (AvgIpc) is 2.38. The van der Waals surface area contributed by atoms with Crippen molar-refractivity contribution in [1.82, 2.24) is 4.90 Å². The van der Waals surface area contributed by atoms with Gasteiger partial charge in [0.05, 0.1) is 26.4 Å². The molecule has 0 saturated carbocycles. The normalized spacial score (nSPS) is 11.7. The van der Waals surface area contributed by atoms with Crippen LogP contribution in [0.1, 0.15) is 26.3 Å². The van der Waals surface area contributed by atoms with Crippen LogP contribution in [0.4, 0.5) is 0 Å². The van der Waals surface area contributed by atoms with Gasteiger partial charge in [0.2, 0.25) is 5.75 Å². The maximum absolute atomic E-state index is 6.43. The van der Waals surface area contributed by atoms with Crippen LogP contribution in [0.5, 0.6) is 17.2 Å². The van der Waals surface area contributed by atoms with Crippen LogP contribution >= 0.6 is 11.6 Å². The zero-order valence-electron chi connectivity index (χ0n) is 13.3. The number of ether oxygens (including phenoxy) is 3. The highest BCUT2D eigenvalue weighted by Gasteiger charge is 2.23. The molecule has 0 spiro atoms. The van der Waals surface area contributed by atoms with Gasteiger partial charge in [0, 0.05) is 12.1 Å². The minimum atomic E-state index is 0.0454. The Balaban J connectivity index is 3.28. The average molecular weight is 302 g/mol. The second-order valence-electron chi connectivity index (χ2n) is 5.65. The molecule has 0 aromatic heterocycles. The van der Waals surface area contributed by atoms with Gasteiger partial charge in [-0.3, -0.25) is 4.90 Å². The Hall–Kier alpha value is -1.13. The van der Waals surface area contributed by atoms with Crippen molar-refractivity contribution in [1.29, 1.82) is 0 Å². The lowest BCUT2D eigenvalue weighted by Gasteiger charge is -2.32. The standard InChI is InChI=1S/C15H24ClNO3/c1-15(2,3)17(4)9-10-8-11(18-5)13(19-6)14(20-7)12(10)16/h8H,9H2,1-7H3. The first kappa shape index (κ1) is 16.9. The number of methoxy groups -OCH3 is 3. The zero-order valence-corrected chi connectivity index (χ0v) is 14.1. The summed E-state index contributed by atoms with van der Waals surface area (Å²) in [5.41, 5.74) is 0.989. The van der Waals surface area contributed by atoms with Crippen molar-refractivity contribution in [2.45, 2.75) is 32.9 Å². The van der Waals surface area contributed by atoms with E-state index >= 15 is 0 Å². The van der Waals surface area contributed by atoms with E-state index in [9.17, 15) is 0 Å². The van der Waals surface area contributed by atoms with Crippen LogP contribution in [0, 0.1) is 0 Å². The lowest BCUT2D eigenvalue weighted by molar-refractivity contribution is 0.167. The molecule has 4 nitrogen and oxygen atoms in total. The monoisotopic (exact) mass is 301 g/mol. The lowest BCUT2D eigenvalue weighted by Crippen LogP contribution is -2.37. The number of rotatable bonds is 5. The van der Waals surface area contributed by atoms with Gasteiger partial charge in [0.1, 0.15) is 0 Å². The number of halogens is 1. The molecule has 5 heteroatoms. The number of benzene rings is 1. The van der Waals surface area contributed by atoms with Crippen LogP contribution in [-0.4, -0.2) is 38.8 Å². The van der Waals surface area contributed by atoms with Gasteiger partial charge in [-0.15, -0.1) is 0 Å². The number of nitrogens with zero attached hydrogens (tertiary/aromatic N) is 1. The molecule has 0 saturated heterocycles. The van der Waals surface area contributed by atoms with Crippen molar-refractivity contribution in [2.75, 3.05) is 28.4 Å². The van der Waals surface area contributed by atoms with Gasteiger partial charge >= 0.3 is 0 Å². The maximum atomic E-state index is 6.43. The molecule has 0 amide bonds. The Bertz CT molecular complexity index is 469. The van der Waals surface area contributed by atoms with E-state index in [0.717, 1.165) is 5.56 Å². The van der Waals surface area contributed by atoms with Gasteiger partial charge in [-0.25, -0.2) is 0 Å². The van der Waals surface area contributed by atoms with E-state index < -0.39 is 0 Å². The molecule has 0 aliphatic carbocycles. The molecule has 1 aromatic rings. The van der Waals surface area contributed by atoms with Crippen molar-refractivity contribution in [3.63, 3.8) is 0 Å². The maximum Gasteiger partial charge on any atom is 0.204 e. The van der Waals surface area contributed by atoms with Crippen molar-refractivity contribution in [2.24, 2.45) is 0 Å². The van der Waals surface area contributed by atoms with Crippen LogP contribution in [0.25, 0.3) is 0 Å². The molecule has 0 radical (unpaired) electrons. The third-order valence-corrected chi connectivity index (χ3v) is 3.81. The van der Waals surface area contributed by atoms with Crippen LogP contribution in [-0.2, 0) is 6.54 Å². The fourth-order valence-electron chi connectivity index (χ4n) is 1.78. The molecule has 0 aliphatic heterocycles. The molecule has 0 unspecified atom stereocenters. The Labute approximate surface area is 126 Å². The highest BCUT2D eigenvalue weighted by atomic mass is 35.5. The summed E-state index contributed by atoms with van der Waals surface area (Å²) >= 11 is 6.43. The summed E-state index contributed by atoms with van der Waals surface area (Å²) in [7, 11) is 6.79. The molecule has 0 atom stereocenters. The highest BCUT2D eigenvalue weighted by molar-refractivity contribution is 6.33. The third kappa shape index (κ3) is 3.49. The molecular weight excluding hydrogens is 278 g/mol. The largest absolute Gasteiger partial charge is 0.493 e. The number of hydrogen-bond acceptors (Lipinski definition) is 4. The second-order valence-corrected chi connectivity index (χ2v) is 6.02. The molecule has 114 valence electrons.